The van der Waals surface area contributed by atoms with Gasteiger partial charge < -0.3 is 20.4 Å². The van der Waals surface area contributed by atoms with Crippen LogP contribution < -0.4 is 10.2 Å². The van der Waals surface area contributed by atoms with Crippen LogP contribution in [0.15, 0.2) is 42.5 Å². The molecule has 0 aliphatic rings. The third kappa shape index (κ3) is 3.08. The van der Waals surface area contributed by atoms with Gasteiger partial charge in [-0.3, -0.25) is 4.79 Å². The molecule has 0 atom stereocenters. The summed E-state index contributed by atoms with van der Waals surface area (Å²) in [5.74, 6) is -2.12. The van der Waals surface area contributed by atoms with E-state index in [0.29, 0.717) is 10.3 Å². The lowest BCUT2D eigenvalue weighted by Gasteiger charge is -2.07. The molecule has 20 heavy (non-hydrogen) atoms. The van der Waals surface area contributed by atoms with E-state index in [0.717, 1.165) is 12.1 Å². The first-order valence-corrected chi connectivity index (χ1v) is 5.72. The Morgan fingerprint density at radius 2 is 1.65 bits per heavy atom. The van der Waals surface area contributed by atoms with Gasteiger partial charge in [-0.1, -0.05) is 18.2 Å². The molecular formula is C13H12N2O5. The van der Waals surface area contributed by atoms with Crippen molar-refractivity contribution < 1.29 is 24.6 Å². The molecule has 7 heteroatoms. The number of nitrogens with one attached hydrogen (secondary N) is 1. The Morgan fingerprint density at radius 1 is 1.05 bits per heavy atom. The molecular weight excluding hydrogens is 264 g/mol. The van der Waals surface area contributed by atoms with E-state index >= 15 is 0 Å². The van der Waals surface area contributed by atoms with Gasteiger partial charge in [-0.25, -0.2) is 4.79 Å². The summed E-state index contributed by atoms with van der Waals surface area (Å²) in [4.78, 5) is 27.8. The largest absolute Gasteiger partial charge is 0.492 e. The average molecular weight is 276 g/mol. The van der Waals surface area contributed by atoms with Gasteiger partial charge in [0, 0.05) is 17.7 Å². The van der Waals surface area contributed by atoms with Crippen LogP contribution in [0.25, 0.3) is 0 Å². The highest BCUT2D eigenvalue weighted by atomic mass is 16.7. The molecule has 0 spiro atoms. The van der Waals surface area contributed by atoms with Gasteiger partial charge in [0.15, 0.2) is 0 Å². The van der Waals surface area contributed by atoms with Crippen LogP contribution in [0.5, 0.6) is 11.8 Å². The second kappa shape index (κ2) is 5.79. The zero-order chi connectivity index (χ0) is 14.5. The minimum Gasteiger partial charge on any atom is -0.492 e. The molecule has 7 nitrogen and oxygen atoms in total. The molecule has 1 aromatic carbocycles. The standard InChI is InChI=1S/C13H12N2O5/c16-10-6-7-11(17)15(10)20-12(18)8-14-13(19)9-4-2-1-3-5-9/h1-7,16-17H,8H2,(H,14,19). The molecule has 0 fully saturated rings. The number of amides is 1. The molecule has 0 unspecified atom stereocenters. The first-order valence-electron chi connectivity index (χ1n) is 5.72. The van der Waals surface area contributed by atoms with E-state index in [4.69, 9.17) is 0 Å². The Hall–Kier alpha value is -2.96. The first kappa shape index (κ1) is 13.5. The molecule has 0 saturated carbocycles. The van der Waals surface area contributed by atoms with Crippen molar-refractivity contribution in [2.75, 3.05) is 6.54 Å². The minimum atomic E-state index is -0.837. The summed E-state index contributed by atoms with van der Waals surface area (Å²) >= 11 is 0. The van der Waals surface area contributed by atoms with Gasteiger partial charge >= 0.3 is 5.97 Å². The van der Waals surface area contributed by atoms with Gasteiger partial charge in [0.1, 0.15) is 6.54 Å². The van der Waals surface area contributed by atoms with Crippen LogP contribution in [0.1, 0.15) is 10.4 Å². The van der Waals surface area contributed by atoms with E-state index in [1.807, 2.05) is 0 Å². The fourth-order valence-corrected chi connectivity index (χ4v) is 1.47. The van der Waals surface area contributed by atoms with Gasteiger partial charge in [-0.2, -0.15) is 0 Å². The van der Waals surface area contributed by atoms with Crippen LogP contribution in [-0.2, 0) is 4.79 Å². The molecule has 1 heterocycles. The van der Waals surface area contributed by atoms with Crippen molar-refractivity contribution in [3.05, 3.63) is 48.0 Å². The summed E-state index contributed by atoms with van der Waals surface area (Å²) < 4.78 is 0.553. The highest BCUT2D eigenvalue weighted by molar-refractivity contribution is 5.95. The maximum Gasteiger partial charge on any atom is 0.352 e. The van der Waals surface area contributed by atoms with Crippen LogP contribution in [0, 0.1) is 0 Å². The Morgan fingerprint density at radius 3 is 2.25 bits per heavy atom. The summed E-state index contributed by atoms with van der Waals surface area (Å²) in [6.07, 6.45) is 0. The average Bonchev–Trinajstić information content (AvgIpc) is 2.77. The first-order chi connectivity index (χ1) is 9.58. The van der Waals surface area contributed by atoms with E-state index in [2.05, 4.69) is 10.2 Å². The molecule has 1 aromatic heterocycles. The zero-order valence-corrected chi connectivity index (χ0v) is 10.3. The van der Waals surface area contributed by atoms with Crippen LogP contribution in [0.4, 0.5) is 0 Å². The van der Waals surface area contributed by atoms with Crippen molar-refractivity contribution in [3.63, 3.8) is 0 Å². The highest BCUT2D eigenvalue weighted by Crippen LogP contribution is 2.18. The zero-order valence-electron chi connectivity index (χ0n) is 10.3. The van der Waals surface area contributed by atoms with Crippen LogP contribution in [-0.4, -0.2) is 33.4 Å². The molecule has 2 rings (SSSR count). The number of nitrogens with zero attached hydrogens (tertiary/aromatic N) is 1. The maximum absolute atomic E-state index is 11.7. The van der Waals surface area contributed by atoms with Crippen LogP contribution in [0.3, 0.4) is 0 Å². The summed E-state index contributed by atoms with van der Waals surface area (Å²) in [6.45, 7) is -0.398. The minimum absolute atomic E-state index is 0.398. The summed E-state index contributed by atoms with van der Waals surface area (Å²) in [7, 11) is 0. The second-order valence-electron chi connectivity index (χ2n) is 3.86. The van der Waals surface area contributed by atoms with E-state index in [1.165, 1.54) is 0 Å². The molecule has 0 aliphatic carbocycles. The van der Waals surface area contributed by atoms with Gasteiger partial charge in [0.2, 0.25) is 11.8 Å². The van der Waals surface area contributed by atoms with Gasteiger partial charge in [0.05, 0.1) is 0 Å². The topological polar surface area (TPSA) is 101 Å². The summed E-state index contributed by atoms with van der Waals surface area (Å²) in [5.41, 5.74) is 0.409. The highest BCUT2D eigenvalue weighted by Gasteiger charge is 2.13. The Balaban J connectivity index is 1.89. The lowest BCUT2D eigenvalue weighted by Crippen LogP contribution is -2.34. The fraction of sp³-hybridized carbons (Fsp3) is 0.0769. The molecule has 3 N–H and O–H groups in total. The normalized spacial score (nSPS) is 10.0. The number of hydrogen-bond donors (Lipinski definition) is 3. The second-order valence-corrected chi connectivity index (χ2v) is 3.86. The molecule has 0 aliphatic heterocycles. The summed E-state index contributed by atoms with van der Waals surface area (Å²) in [6, 6.07) is 10.7. The van der Waals surface area contributed by atoms with Crippen molar-refractivity contribution in [3.8, 4) is 11.8 Å². The van der Waals surface area contributed by atoms with E-state index in [-0.39, 0.29) is 0 Å². The lowest BCUT2D eigenvalue weighted by molar-refractivity contribution is -0.144. The van der Waals surface area contributed by atoms with Crippen molar-refractivity contribution in [2.45, 2.75) is 0 Å². The third-order valence-corrected chi connectivity index (χ3v) is 2.42. The van der Waals surface area contributed by atoms with Crippen molar-refractivity contribution in [1.29, 1.82) is 0 Å². The van der Waals surface area contributed by atoms with Crippen molar-refractivity contribution >= 4 is 11.9 Å². The number of aromatic hydroxyl groups is 2. The maximum atomic E-state index is 11.7. The van der Waals surface area contributed by atoms with Gasteiger partial charge in [-0.15, -0.1) is 4.73 Å². The quantitative estimate of drug-likeness (QED) is 0.745. The predicted octanol–water partition coefficient (Wildman–Crippen LogP) is 0.285. The number of aromatic nitrogens is 1. The fourth-order valence-electron chi connectivity index (χ4n) is 1.47. The smallest absolute Gasteiger partial charge is 0.352 e. The van der Waals surface area contributed by atoms with Crippen LogP contribution in [0.2, 0.25) is 0 Å². The molecule has 0 bridgehead atoms. The number of benzene rings is 1. The van der Waals surface area contributed by atoms with Gasteiger partial charge in [-0.05, 0) is 12.1 Å². The summed E-state index contributed by atoms with van der Waals surface area (Å²) in [5, 5.41) is 20.9. The van der Waals surface area contributed by atoms with E-state index in [1.54, 1.807) is 30.3 Å². The van der Waals surface area contributed by atoms with Crippen molar-refractivity contribution in [2.24, 2.45) is 0 Å². The molecule has 1 amide bonds. The predicted molar refractivity (Wildman–Crippen MR) is 68.1 cm³/mol. The van der Waals surface area contributed by atoms with E-state index in [9.17, 15) is 19.8 Å². The Bertz CT molecular complexity index is 601. The number of rotatable bonds is 4. The Labute approximate surface area is 114 Å². The molecule has 104 valence electrons. The number of hydrogen-bond acceptors (Lipinski definition) is 5. The third-order valence-electron chi connectivity index (χ3n) is 2.42. The molecule has 2 aromatic rings. The Kier molecular flexibility index (Phi) is 3.90. The van der Waals surface area contributed by atoms with E-state index < -0.39 is 30.2 Å². The monoisotopic (exact) mass is 276 g/mol. The molecule has 0 saturated heterocycles. The molecule has 0 radical (unpaired) electrons. The number of carbonyl (C=O) groups is 2. The van der Waals surface area contributed by atoms with Crippen LogP contribution >= 0.6 is 0 Å². The SMILES string of the molecule is O=C(CNC(=O)c1ccccc1)On1c(O)ccc1O. The number of carbonyl (C=O) groups excluding carboxylic acids is 2. The van der Waals surface area contributed by atoms with Crippen molar-refractivity contribution in [1.82, 2.24) is 10.0 Å². The van der Waals surface area contributed by atoms with Gasteiger partial charge in [0.25, 0.3) is 5.91 Å². The lowest BCUT2D eigenvalue weighted by atomic mass is 10.2.